The molecule has 0 aliphatic carbocycles. The van der Waals surface area contributed by atoms with Gasteiger partial charge in [-0.15, -0.1) is 0 Å². The highest BCUT2D eigenvalue weighted by Gasteiger charge is 2.37. The number of nitrogens with zero attached hydrogens (tertiary/aromatic N) is 3. The van der Waals surface area contributed by atoms with Crippen molar-refractivity contribution >= 4 is 17.3 Å². The van der Waals surface area contributed by atoms with Gasteiger partial charge in [0.25, 0.3) is 5.69 Å². The van der Waals surface area contributed by atoms with Crippen LogP contribution in [0.25, 0.3) is 0 Å². The number of hydrogen-bond acceptors (Lipinski definition) is 5. The number of anilines is 1. The summed E-state index contributed by atoms with van der Waals surface area (Å²) in [5, 5.41) is 21.8. The zero-order valence-electron chi connectivity index (χ0n) is 16.4. The Kier molecular flexibility index (Phi) is 5.79. The van der Waals surface area contributed by atoms with Crippen molar-refractivity contribution in [2.75, 3.05) is 18.6 Å². The van der Waals surface area contributed by atoms with E-state index in [0.717, 1.165) is 5.56 Å². The van der Waals surface area contributed by atoms with Gasteiger partial charge < -0.3 is 10.0 Å². The molecule has 1 N–H and O–H groups in total. The first-order valence-electron chi connectivity index (χ1n) is 9.19. The van der Waals surface area contributed by atoms with Crippen molar-refractivity contribution in [3.05, 3.63) is 94.3 Å². The number of nitro groups is 1. The molecule has 0 radical (unpaired) electrons. The summed E-state index contributed by atoms with van der Waals surface area (Å²) in [4.78, 5) is 26.0. The topological polar surface area (TPSA) is 88.6 Å². The van der Waals surface area contributed by atoms with Crippen LogP contribution in [0.4, 0.5) is 11.4 Å². The van der Waals surface area contributed by atoms with Gasteiger partial charge in [-0.3, -0.25) is 19.5 Å². The second-order valence-electron chi connectivity index (χ2n) is 7.19. The van der Waals surface area contributed by atoms with Crippen LogP contribution in [0, 0.1) is 10.1 Å². The quantitative estimate of drug-likeness (QED) is 0.489. The van der Waals surface area contributed by atoms with Crippen molar-refractivity contribution in [3.8, 4) is 0 Å². The van der Waals surface area contributed by atoms with Gasteiger partial charge in [-0.1, -0.05) is 36.4 Å². The Morgan fingerprint density at radius 3 is 2.38 bits per heavy atom. The largest absolute Gasteiger partial charge is 0.395 e. The molecule has 0 spiro atoms. The number of aromatic nitrogens is 1. The molecular weight excluding hydrogens is 370 g/mol. The van der Waals surface area contributed by atoms with Crippen LogP contribution in [0.15, 0.2) is 73.1 Å². The predicted octanol–water partition coefficient (Wildman–Crippen LogP) is 3.62. The third-order valence-electron chi connectivity index (χ3n) is 5.11. The molecule has 3 rings (SSSR count). The summed E-state index contributed by atoms with van der Waals surface area (Å²) in [5.41, 5.74) is 0.441. The van der Waals surface area contributed by atoms with Gasteiger partial charge in [0.1, 0.15) is 5.69 Å². The first-order valence-corrected chi connectivity index (χ1v) is 9.19. The molecule has 0 aliphatic rings. The first kappa shape index (κ1) is 20.3. The van der Waals surface area contributed by atoms with Gasteiger partial charge in [0.2, 0.25) is 5.91 Å². The lowest BCUT2D eigenvalue weighted by atomic mass is 9.81. The number of hydrogen-bond donors (Lipinski definition) is 1. The minimum Gasteiger partial charge on any atom is -0.395 e. The fourth-order valence-electron chi connectivity index (χ4n) is 3.32. The maximum atomic E-state index is 12.9. The van der Waals surface area contributed by atoms with Gasteiger partial charge in [0, 0.05) is 32.1 Å². The number of rotatable bonds is 7. The Labute approximate surface area is 169 Å². The Bertz CT molecular complexity index is 1000. The normalized spacial score (nSPS) is 12.9. The van der Waals surface area contributed by atoms with Gasteiger partial charge in [0.15, 0.2) is 0 Å². The monoisotopic (exact) mass is 393 g/mol. The van der Waals surface area contributed by atoms with E-state index in [1.54, 1.807) is 55.5 Å². The van der Waals surface area contributed by atoms with Crippen LogP contribution in [0.3, 0.4) is 0 Å². The molecule has 1 aromatic heterocycles. The molecule has 0 bridgehead atoms. The maximum Gasteiger partial charge on any atom is 0.292 e. The number of aliphatic hydroxyl groups excluding tert-OH is 1. The lowest BCUT2D eigenvalue weighted by Crippen LogP contribution is -2.39. The Hall–Kier alpha value is -3.45. The van der Waals surface area contributed by atoms with Crippen LogP contribution in [0.2, 0.25) is 0 Å². The second-order valence-corrected chi connectivity index (χ2v) is 7.19. The molecule has 1 unspecified atom stereocenters. The Morgan fingerprint density at radius 2 is 1.79 bits per heavy atom. The zero-order chi connectivity index (χ0) is 21.0. The third-order valence-corrected chi connectivity index (χ3v) is 5.11. The minimum absolute atomic E-state index is 0.110. The van der Waals surface area contributed by atoms with E-state index in [9.17, 15) is 20.0 Å². The van der Waals surface area contributed by atoms with Gasteiger partial charge in [-0.2, -0.15) is 0 Å². The summed E-state index contributed by atoms with van der Waals surface area (Å²) < 4.78 is 1.37. The SMILES string of the molecule is CN(Cc1ccccc1)c1ccc(C(C)(CO)C(=O)n2cccc2)cc1[N+](=O)[O-]. The standard InChI is InChI=1S/C22H23N3O4/c1-22(16-26,21(27)24-12-6-7-13-24)18-10-11-19(20(14-18)25(28)29)23(2)15-17-8-4-3-5-9-17/h3-14,26H,15-16H2,1-2H3. The molecular formula is C22H23N3O4. The van der Waals surface area contributed by atoms with Crippen molar-refractivity contribution in [1.29, 1.82) is 0 Å². The highest BCUT2D eigenvalue weighted by molar-refractivity contribution is 5.90. The van der Waals surface area contributed by atoms with E-state index in [1.165, 1.54) is 10.6 Å². The van der Waals surface area contributed by atoms with Crippen molar-refractivity contribution < 1.29 is 14.8 Å². The summed E-state index contributed by atoms with van der Waals surface area (Å²) in [6, 6.07) is 17.8. The Morgan fingerprint density at radius 1 is 1.14 bits per heavy atom. The van der Waals surface area contributed by atoms with Crippen LogP contribution in [0.1, 0.15) is 22.8 Å². The molecule has 0 aliphatic heterocycles. The average molecular weight is 393 g/mol. The van der Waals surface area contributed by atoms with Crippen LogP contribution < -0.4 is 4.90 Å². The molecule has 29 heavy (non-hydrogen) atoms. The molecule has 0 fully saturated rings. The van der Waals surface area contributed by atoms with Gasteiger partial charge in [-0.05, 0) is 36.2 Å². The van der Waals surface area contributed by atoms with Crippen LogP contribution in [-0.2, 0) is 12.0 Å². The summed E-state index contributed by atoms with van der Waals surface area (Å²) in [7, 11) is 1.78. The molecule has 1 heterocycles. The summed E-state index contributed by atoms with van der Waals surface area (Å²) in [6.45, 7) is 1.61. The number of carbonyl (C=O) groups is 1. The third kappa shape index (κ3) is 4.05. The summed E-state index contributed by atoms with van der Waals surface area (Å²) in [5.74, 6) is -0.357. The van der Waals surface area contributed by atoms with E-state index in [1.807, 2.05) is 30.3 Å². The molecule has 7 heteroatoms. The first-order chi connectivity index (χ1) is 13.9. The highest BCUT2D eigenvalue weighted by atomic mass is 16.6. The van der Waals surface area contributed by atoms with E-state index in [0.29, 0.717) is 17.8 Å². The average Bonchev–Trinajstić information content (AvgIpc) is 3.27. The molecule has 0 saturated carbocycles. The highest BCUT2D eigenvalue weighted by Crippen LogP contribution is 2.35. The van der Waals surface area contributed by atoms with E-state index in [4.69, 9.17) is 0 Å². The van der Waals surface area contributed by atoms with Crippen LogP contribution in [-0.4, -0.2) is 34.2 Å². The van der Waals surface area contributed by atoms with Gasteiger partial charge >= 0.3 is 0 Å². The van der Waals surface area contributed by atoms with E-state index >= 15 is 0 Å². The van der Waals surface area contributed by atoms with E-state index in [2.05, 4.69) is 0 Å². The van der Waals surface area contributed by atoms with E-state index in [-0.39, 0.29) is 11.6 Å². The molecule has 0 saturated heterocycles. The fourth-order valence-corrected chi connectivity index (χ4v) is 3.32. The van der Waals surface area contributed by atoms with Gasteiger partial charge in [-0.25, -0.2) is 0 Å². The number of carbonyl (C=O) groups excluding carboxylic acids is 1. The summed E-state index contributed by atoms with van der Waals surface area (Å²) >= 11 is 0. The van der Waals surface area contributed by atoms with Crippen LogP contribution in [0.5, 0.6) is 0 Å². The van der Waals surface area contributed by atoms with Gasteiger partial charge in [0.05, 0.1) is 16.9 Å². The second kappa shape index (κ2) is 8.28. The molecule has 1 atom stereocenters. The molecule has 3 aromatic rings. The smallest absolute Gasteiger partial charge is 0.292 e. The number of nitro benzene ring substituents is 1. The molecule has 7 nitrogen and oxygen atoms in total. The van der Waals surface area contributed by atoms with Crippen molar-refractivity contribution in [3.63, 3.8) is 0 Å². The van der Waals surface area contributed by atoms with Crippen molar-refractivity contribution in [2.45, 2.75) is 18.9 Å². The van der Waals surface area contributed by atoms with Crippen LogP contribution >= 0.6 is 0 Å². The zero-order valence-corrected chi connectivity index (χ0v) is 16.4. The van der Waals surface area contributed by atoms with Crippen molar-refractivity contribution in [2.24, 2.45) is 0 Å². The number of benzene rings is 2. The maximum absolute atomic E-state index is 12.9. The lowest BCUT2D eigenvalue weighted by molar-refractivity contribution is -0.384. The molecule has 0 amide bonds. The van der Waals surface area contributed by atoms with E-state index < -0.39 is 16.9 Å². The number of aliphatic hydroxyl groups is 1. The van der Waals surface area contributed by atoms with Crippen molar-refractivity contribution in [1.82, 2.24) is 4.57 Å². The minimum atomic E-state index is -1.31. The summed E-state index contributed by atoms with van der Waals surface area (Å²) in [6.07, 6.45) is 3.18. The fraction of sp³-hybridized carbons (Fsp3) is 0.227. The Balaban J connectivity index is 1.98. The molecule has 150 valence electrons. The molecule has 2 aromatic carbocycles. The predicted molar refractivity (Wildman–Crippen MR) is 111 cm³/mol. The lowest BCUT2D eigenvalue weighted by Gasteiger charge is -2.27.